The minimum absolute atomic E-state index is 0.195. The SMILES string of the molecule is CN1C[C@H]2C[C@@H](n3cc(-c4cccc(F)c4)nn3)[C@H](OCC3CC3)C[C@H]2C1. The molecule has 0 N–H and O–H groups in total. The van der Waals surface area contributed by atoms with Gasteiger partial charge in [-0.25, -0.2) is 9.07 Å². The van der Waals surface area contributed by atoms with Crippen LogP contribution in [0.4, 0.5) is 4.39 Å². The van der Waals surface area contributed by atoms with E-state index in [-0.39, 0.29) is 18.0 Å². The van der Waals surface area contributed by atoms with Crippen molar-refractivity contribution in [3.8, 4) is 11.3 Å². The van der Waals surface area contributed by atoms with E-state index in [1.165, 1.54) is 31.5 Å². The molecule has 27 heavy (non-hydrogen) atoms. The van der Waals surface area contributed by atoms with Crippen LogP contribution in [-0.2, 0) is 4.74 Å². The van der Waals surface area contributed by atoms with E-state index in [1.807, 2.05) is 16.9 Å². The Balaban J connectivity index is 1.38. The van der Waals surface area contributed by atoms with Crippen molar-refractivity contribution in [3.05, 3.63) is 36.3 Å². The van der Waals surface area contributed by atoms with Crippen LogP contribution >= 0.6 is 0 Å². The lowest BCUT2D eigenvalue weighted by Crippen LogP contribution is -2.38. The first kappa shape index (κ1) is 17.3. The van der Waals surface area contributed by atoms with Crippen LogP contribution in [-0.4, -0.2) is 52.7 Å². The van der Waals surface area contributed by atoms with Gasteiger partial charge in [0.25, 0.3) is 0 Å². The van der Waals surface area contributed by atoms with E-state index in [1.54, 1.807) is 6.07 Å². The molecule has 2 heterocycles. The molecule has 1 saturated heterocycles. The molecule has 2 saturated carbocycles. The van der Waals surface area contributed by atoms with Gasteiger partial charge in [0.15, 0.2) is 0 Å². The standard InChI is InChI=1S/C21H27FN4O/c1-25-10-16-8-20(21(9-17(16)11-25)27-13-14-5-6-14)26-12-19(23-24-26)15-3-2-4-18(22)7-15/h2-4,7,12,14,16-17,20-21H,5-6,8-11,13H2,1H3/t16-,17+,20-,21-/m1/s1. The van der Waals surface area contributed by atoms with Crippen LogP contribution < -0.4 is 0 Å². The lowest BCUT2D eigenvalue weighted by molar-refractivity contribution is -0.0375. The van der Waals surface area contributed by atoms with E-state index in [2.05, 4.69) is 22.3 Å². The Bertz CT molecular complexity index is 805. The maximum atomic E-state index is 13.6. The van der Waals surface area contributed by atoms with E-state index in [0.29, 0.717) is 5.92 Å². The van der Waals surface area contributed by atoms with Gasteiger partial charge in [0.1, 0.15) is 11.5 Å². The second-order valence-corrected chi connectivity index (χ2v) is 8.69. The molecule has 0 bridgehead atoms. The lowest BCUT2D eigenvalue weighted by Gasteiger charge is -2.37. The maximum absolute atomic E-state index is 13.6. The molecule has 1 aromatic carbocycles. The van der Waals surface area contributed by atoms with Crippen molar-refractivity contribution in [2.45, 2.75) is 37.8 Å². The summed E-state index contributed by atoms with van der Waals surface area (Å²) in [7, 11) is 2.21. The van der Waals surface area contributed by atoms with Crippen LogP contribution in [0.15, 0.2) is 30.5 Å². The summed E-state index contributed by atoms with van der Waals surface area (Å²) in [5.74, 6) is 1.93. The number of ether oxygens (including phenoxy) is 1. The number of hydrogen-bond donors (Lipinski definition) is 0. The maximum Gasteiger partial charge on any atom is 0.123 e. The third-order valence-corrected chi connectivity index (χ3v) is 6.48. The zero-order chi connectivity index (χ0) is 18.4. The molecule has 1 aliphatic heterocycles. The quantitative estimate of drug-likeness (QED) is 0.809. The van der Waals surface area contributed by atoms with Crippen LogP contribution in [0.3, 0.4) is 0 Å². The van der Waals surface area contributed by atoms with Gasteiger partial charge < -0.3 is 9.64 Å². The molecule has 3 aliphatic rings. The Morgan fingerprint density at radius 3 is 2.78 bits per heavy atom. The molecule has 1 aromatic heterocycles. The highest BCUT2D eigenvalue weighted by molar-refractivity contribution is 5.57. The van der Waals surface area contributed by atoms with Crippen molar-refractivity contribution in [2.24, 2.45) is 17.8 Å². The van der Waals surface area contributed by atoms with Gasteiger partial charge in [-0.15, -0.1) is 5.10 Å². The number of rotatable bonds is 5. The normalized spacial score (nSPS) is 31.2. The van der Waals surface area contributed by atoms with E-state index in [4.69, 9.17) is 4.74 Å². The van der Waals surface area contributed by atoms with Gasteiger partial charge in [0.05, 0.1) is 18.3 Å². The van der Waals surface area contributed by atoms with Crippen molar-refractivity contribution in [3.63, 3.8) is 0 Å². The molecular formula is C21H27FN4O. The third kappa shape index (κ3) is 3.65. The van der Waals surface area contributed by atoms with E-state index < -0.39 is 0 Å². The van der Waals surface area contributed by atoms with Gasteiger partial charge in [-0.05, 0) is 62.6 Å². The summed E-state index contributed by atoms with van der Waals surface area (Å²) in [6.07, 6.45) is 6.95. The summed E-state index contributed by atoms with van der Waals surface area (Å²) in [6.45, 7) is 3.20. The smallest absolute Gasteiger partial charge is 0.123 e. The molecule has 0 spiro atoms. The summed E-state index contributed by atoms with van der Waals surface area (Å²) in [5, 5.41) is 8.75. The second-order valence-electron chi connectivity index (χ2n) is 8.69. The van der Waals surface area contributed by atoms with E-state index >= 15 is 0 Å². The summed E-state index contributed by atoms with van der Waals surface area (Å²) in [5.41, 5.74) is 1.49. The molecule has 3 fully saturated rings. The highest BCUT2D eigenvalue weighted by Gasteiger charge is 2.43. The molecule has 6 heteroatoms. The van der Waals surface area contributed by atoms with Crippen molar-refractivity contribution in [2.75, 3.05) is 26.7 Å². The summed E-state index contributed by atoms with van der Waals surface area (Å²) in [6, 6.07) is 6.77. The Morgan fingerprint density at radius 1 is 1.19 bits per heavy atom. The summed E-state index contributed by atoms with van der Waals surface area (Å²) in [4.78, 5) is 2.44. The van der Waals surface area contributed by atoms with Crippen LogP contribution in [0, 0.1) is 23.6 Å². The molecule has 4 atom stereocenters. The number of likely N-dealkylation sites (tertiary alicyclic amines) is 1. The van der Waals surface area contributed by atoms with Crippen LogP contribution in [0.25, 0.3) is 11.3 Å². The van der Waals surface area contributed by atoms with Crippen molar-refractivity contribution < 1.29 is 9.13 Å². The fourth-order valence-corrected chi connectivity index (χ4v) is 4.85. The van der Waals surface area contributed by atoms with Gasteiger partial charge >= 0.3 is 0 Å². The number of benzene rings is 1. The summed E-state index contributed by atoms with van der Waals surface area (Å²) >= 11 is 0. The minimum Gasteiger partial charge on any atom is -0.376 e. The fourth-order valence-electron chi connectivity index (χ4n) is 4.85. The minimum atomic E-state index is -0.248. The average Bonchev–Trinajstić information content (AvgIpc) is 3.22. The first-order valence-corrected chi connectivity index (χ1v) is 10.1. The predicted molar refractivity (Wildman–Crippen MR) is 101 cm³/mol. The van der Waals surface area contributed by atoms with Crippen molar-refractivity contribution in [1.29, 1.82) is 0 Å². The molecule has 5 nitrogen and oxygen atoms in total. The highest BCUT2D eigenvalue weighted by Crippen LogP contribution is 2.43. The molecule has 0 radical (unpaired) electrons. The molecule has 2 aromatic rings. The van der Waals surface area contributed by atoms with Crippen LogP contribution in [0.2, 0.25) is 0 Å². The third-order valence-electron chi connectivity index (χ3n) is 6.48. The first-order chi connectivity index (χ1) is 13.2. The number of halogens is 1. The largest absolute Gasteiger partial charge is 0.376 e. The topological polar surface area (TPSA) is 43.2 Å². The van der Waals surface area contributed by atoms with Crippen LogP contribution in [0.1, 0.15) is 31.7 Å². The second kappa shape index (κ2) is 6.99. The molecule has 5 rings (SSSR count). The molecule has 144 valence electrons. The van der Waals surface area contributed by atoms with Gasteiger partial charge in [-0.1, -0.05) is 17.3 Å². The number of nitrogens with zero attached hydrogens (tertiary/aromatic N) is 4. The molecule has 2 aliphatic carbocycles. The zero-order valence-electron chi connectivity index (χ0n) is 15.8. The predicted octanol–water partition coefficient (Wildman–Crippen LogP) is 3.39. The summed E-state index contributed by atoms with van der Waals surface area (Å²) < 4.78 is 21.9. The Labute approximate surface area is 159 Å². The number of hydrogen-bond acceptors (Lipinski definition) is 4. The van der Waals surface area contributed by atoms with Crippen LogP contribution in [0.5, 0.6) is 0 Å². The average molecular weight is 370 g/mol. The van der Waals surface area contributed by atoms with E-state index in [0.717, 1.165) is 49.1 Å². The van der Waals surface area contributed by atoms with Crippen molar-refractivity contribution >= 4 is 0 Å². The molecule has 0 unspecified atom stereocenters. The fraction of sp³-hybridized carbons (Fsp3) is 0.619. The Hall–Kier alpha value is -1.79. The molecular weight excluding hydrogens is 343 g/mol. The van der Waals surface area contributed by atoms with E-state index in [9.17, 15) is 4.39 Å². The highest BCUT2D eigenvalue weighted by atomic mass is 19.1. The monoisotopic (exact) mass is 370 g/mol. The van der Waals surface area contributed by atoms with Gasteiger partial charge in [0.2, 0.25) is 0 Å². The Morgan fingerprint density at radius 2 is 2.00 bits per heavy atom. The first-order valence-electron chi connectivity index (χ1n) is 10.1. The van der Waals surface area contributed by atoms with Crippen molar-refractivity contribution in [1.82, 2.24) is 19.9 Å². The van der Waals surface area contributed by atoms with Gasteiger partial charge in [0, 0.05) is 25.3 Å². The molecule has 0 amide bonds. The van der Waals surface area contributed by atoms with Gasteiger partial charge in [-0.2, -0.15) is 0 Å². The Kier molecular flexibility index (Phi) is 4.48. The number of aromatic nitrogens is 3. The number of fused-ring (bicyclic) bond motifs is 1. The van der Waals surface area contributed by atoms with Gasteiger partial charge in [-0.3, -0.25) is 0 Å². The lowest BCUT2D eigenvalue weighted by atomic mass is 9.77. The zero-order valence-corrected chi connectivity index (χ0v) is 15.8.